The monoisotopic (exact) mass is 493 g/mol. The summed E-state index contributed by atoms with van der Waals surface area (Å²) in [5.74, 6) is 1.68. The van der Waals surface area contributed by atoms with Crippen LogP contribution in [0.5, 0.6) is 0 Å². The molecule has 0 N–H and O–H groups in total. The first kappa shape index (κ1) is 16.6. The Balaban J connectivity index is 0.00000169. The average molecular weight is 493 g/mol. The summed E-state index contributed by atoms with van der Waals surface area (Å²) in [5.41, 5.74) is 2.99. The smallest absolute Gasteiger partial charge is 0.145 e. The molecule has 0 fully saturated rings. The van der Waals surface area contributed by atoms with Gasteiger partial charge in [0.2, 0.25) is 0 Å². The maximum Gasteiger partial charge on any atom is 0.145 e. The molecule has 1 aliphatic rings. The van der Waals surface area contributed by atoms with E-state index >= 15 is 0 Å². The van der Waals surface area contributed by atoms with Crippen molar-refractivity contribution in [2.24, 2.45) is 0 Å². The quantitative estimate of drug-likeness (QED) is 0.512. The Morgan fingerprint density at radius 3 is 2.50 bits per heavy atom. The van der Waals surface area contributed by atoms with Crippen LogP contribution in [0, 0.1) is 12.7 Å². The van der Waals surface area contributed by atoms with Crippen molar-refractivity contribution in [1.29, 1.82) is 0 Å². The van der Waals surface area contributed by atoms with E-state index in [4.69, 9.17) is 4.98 Å². The van der Waals surface area contributed by atoms with Crippen LogP contribution in [0.2, 0.25) is 0 Å². The summed E-state index contributed by atoms with van der Waals surface area (Å²) in [7, 11) is 0. The van der Waals surface area contributed by atoms with Gasteiger partial charge in [0.05, 0.1) is 11.9 Å². The maximum atomic E-state index is 4.78. The Kier molecular flexibility index (Phi) is 4.93. The molecule has 0 bridgehead atoms. The van der Waals surface area contributed by atoms with Gasteiger partial charge in [0.15, 0.2) is 0 Å². The van der Waals surface area contributed by atoms with Crippen molar-refractivity contribution in [3.05, 3.63) is 79.2 Å². The van der Waals surface area contributed by atoms with Crippen LogP contribution in [-0.4, -0.2) is 9.97 Å². The number of anilines is 4. The molecule has 0 saturated carbocycles. The van der Waals surface area contributed by atoms with E-state index in [2.05, 4.69) is 35.0 Å². The van der Waals surface area contributed by atoms with E-state index < -0.39 is 0 Å². The summed E-state index contributed by atoms with van der Waals surface area (Å²) in [6, 6.07) is 21.3. The van der Waals surface area contributed by atoms with Crippen molar-refractivity contribution in [3.63, 3.8) is 0 Å². The molecule has 2 aromatic carbocycles. The first-order valence-electron chi connectivity index (χ1n) is 7.68. The fourth-order valence-corrected chi connectivity index (χ4v) is 2.62. The minimum atomic E-state index is 0. The molecule has 5 heteroatoms. The molecular weight excluding hydrogens is 476 g/mol. The van der Waals surface area contributed by atoms with Gasteiger partial charge in [-0.1, -0.05) is 25.1 Å². The van der Waals surface area contributed by atoms with Crippen LogP contribution in [0.4, 0.5) is 23.0 Å². The second kappa shape index (κ2) is 7.12. The third-order valence-corrected chi connectivity index (χ3v) is 3.82. The molecule has 3 aromatic rings. The van der Waals surface area contributed by atoms with Crippen LogP contribution in [0.25, 0.3) is 0 Å². The topological polar surface area (TPSA) is 32.3 Å². The van der Waals surface area contributed by atoms with E-state index in [0.717, 1.165) is 35.1 Å². The SMILES string of the molecule is CCc1cnc2c(n1)N(c1[c-]cccc1)[CH-]N2c1ccccc1.[Ir]. The van der Waals surface area contributed by atoms with Crippen molar-refractivity contribution in [2.75, 3.05) is 9.80 Å². The number of hydrogen-bond acceptors (Lipinski definition) is 4. The standard InChI is InChI=1S/C19H16N4.Ir/c1-2-15-13-20-18-19(21-15)23(17-11-7-4-8-12-17)14-22(18)16-9-5-3-6-10-16;/h3-11,13-14H,2H2,1H3;/q-2;. The number of benzene rings is 2. The normalized spacial score (nSPS) is 12.7. The van der Waals surface area contributed by atoms with Crippen molar-refractivity contribution < 1.29 is 20.1 Å². The van der Waals surface area contributed by atoms with Crippen LogP contribution in [0.15, 0.2) is 60.8 Å². The molecule has 1 aliphatic heterocycles. The zero-order valence-electron chi connectivity index (χ0n) is 13.2. The predicted octanol–water partition coefficient (Wildman–Crippen LogP) is 4.25. The van der Waals surface area contributed by atoms with Crippen molar-refractivity contribution in [3.8, 4) is 0 Å². The fraction of sp³-hybridized carbons (Fsp3) is 0.105. The third-order valence-electron chi connectivity index (χ3n) is 3.82. The molecular formula is C19H16IrN4-2. The number of aryl methyl sites for hydroxylation is 1. The Morgan fingerprint density at radius 2 is 1.79 bits per heavy atom. The molecule has 0 saturated heterocycles. The molecule has 1 aromatic heterocycles. The summed E-state index contributed by atoms with van der Waals surface area (Å²) in [6.45, 7) is 4.11. The Hall–Kier alpha value is -2.23. The van der Waals surface area contributed by atoms with Crippen LogP contribution in [-0.2, 0) is 26.5 Å². The zero-order chi connectivity index (χ0) is 15.6. The van der Waals surface area contributed by atoms with Gasteiger partial charge in [-0.3, -0.25) is 0 Å². The Morgan fingerprint density at radius 1 is 1.00 bits per heavy atom. The number of nitrogens with zero attached hydrogens (tertiary/aromatic N) is 4. The summed E-state index contributed by atoms with van der Waals surface area (Å²) >= 11 is 0. The van der Waals surface area contributed by atoms with Crippen LogP contribution >= 0.6 is 0 Å². The minimum absolute atomic E-state index is 0. The largest absolute Gasteiger partial charge is 0.477 e. The second-order valence-electron chi connectivity index (χ2n) is 5.30. The van der Waals surface area contributed by atoms with E-state index in [9.17, 15) is 0 Å². The van der Waals surface area contributed by atoms with Crippen molar-refractivity contribution in [1.82, 2.24) is 9.97 Å². The Labute approximate surface area is 155 Å². The predicted molar refractivity (Wildman–Crippen MR) is 91.7 cm³/mol. The first-order chi connectivity index (χ1) is 11.4. The summed E-state index contributed by atoms with van der Waals surface area (Å²) in [5, 5.41) is 0. The number of fused-ring (bicyclic) bond motifs is 1. The van der Waals surface area contributed by atoms with E-state index in [0.29, 0.717) is 0 Å². The fourth-order valence-electron chi connectivity index (χ4n) is 2.62. The molecule has 0 spiro atoms. The number of rotatable bonds is 3. The van der Waals surface area contributed by atoms with Gasteiger partial charge >= 0.3 is 0 Å². The van der Waals surface area contributed by atoms with E-state index in [1.165, 1.54) is 0 Å². The van der Waals surface area contributed by atoms with E-state index in [-0.39, 0.29) is 20.1 Å². The first-order valence-corrected chi connectivity index (χ1v) is 7.68. The molecule has 1 radical (unpaired) electrons. The van der Waals surface area contributed by atoms with Gasteiger partial charge in [-0.05, 0) is 18.6 Å². The molecule has 0 atom stereocenters. The van der Waals surface area contributed by atoms with Gasteiger partial charge in [0.1, 0.15) is 11.6 Å². The van der Waals surface area contributed by atoms with Crippen molar-refractivity contribution in [2.45, 2.75) is 13.3 Å². The zero-order valence-corrected chi connectivity index (χ0v) is 15.6. The third kappa shape index (κ3) is 2.93. The molecule has 4 rings (SSSR count). The van der Waals surface area contributed by atoms with Crippen LogP contribution in [0.3, 0.4) is 0 Å². The van der Waals surface area contributed by atoms with Crippen LogP contribution < -0.4 is 9.80 Å². The van der Waals surface area contributed by atoms with Gasteiger partial charge in [-0.15, -0.1) is 12.4 Å². The molecule has 24 heavy (non-hydrogen) atoms. The number of hydrogen-bond donors (Lipinski definition) is 0. The van der Waals surface area contributed by atoms with Gasteiger partial charge in [0, 0.05) is 25.8 Å². The van der Waals surface area contributed by atoms with Gasteiger partial charge in [0.25, 0.3) is 0 Å². The number of aromatic nitrogens is 2. The molecule has 0 aliphatic carbocycles. The maximum absolute atomic E-state index is 4.78. The molecule has 2 heterocycles. The van der Waals surface area contributed by atoms with Gasteiger partial charge in [-0.25, -0.2) is 9.97 Å². The summed E-state index contributed by atoms with van der Waals surface area (Å²) in [6.07, 6.45) is 2.71. The summed E-state index contributed by atoms with van der Waals surface area (Å²) in [4.78, 5) is 13.5. The van der Waals surface area contributed by atoms with Crippen LogP contribution in [0.1, 0.15) is 12.6 Å². The van der Waals surface area contributed by atoms with Gasteiger partial charge in [-0.2, -0.15) is 30.3 Å². The Bertz CT molecular complexity index is 808. The van der Waals surface area contributed by atoms with Crippen molar-refractivity contribution >= 4 is 23.0 Å². The average Bonchev–Trinajstić information content (AvgIpc) is 3.02. The second-order valence-corrected chi connectivity index (χ2v) is 5.30. The molecule has 0 amide bonds. The molecule has 123 valence electrons. The molecule has 0 unspecified atom stereocenters. The molecule has 4 nitrogen and oxygen atoms in total. The van der Waals surface area contributed by atoms with E-state index in [1.807, 2.05) is 60.2 Å². The number of para-hydroxylation sites is 2. The summed E-state index contributed by atoms with van der Waals surface area (Å²) < 4.78 is 0. The van der Waals surface area contributed by atoms with E-state index in [1.54, 1.807) is 0 Å². The van der Waals surface area contributed by atoms with Gasteiger partial charge < -0.3 is 9.80 Å². The minimum Gasteiger partial charge on any atom is -0.477 e.